The average molecular weight is 467 g/mol. The van der Waals surface area contributed by atoms with Crippen molar-refractivity contribution in [1.82, 2.24) is 5.32 Å². The molecule has 2 rings (SSSR count). The summed E-state index contributed by atoms with van der Waals surface area (Å²) in [7, 11) is 0. The SMILES string of the molecule is O=C(CCNCCCc1cccc(OCCCOCc2ccccc2)c1)OC(=O)C(F)(F)F. The molecule has 9 heteroatoms. The lowest BCUT2D eigenvalue weighted by Crippen LogP contribution is -2.29. The highest BCUT2D eigenvalue weighted by molar-refractivity contribution is 5.88. The first-order chi connectivity index (χ1) is 15.8. The molecule has 180 valence electrons. The largest absolute Gasteiger partial charge is 0.493 e. The van der Waals surface area contributed by atoms with Crippen LogP contribution in [0.3, 0.4) is 0 Å². The smallest absolute Gasteiger partial charge is 0.491 e. The van der Waals surface area contributed by atoms with E-state index >= 15 is 0 Å². The normalized spacial score (nSPS) is 11.2. The molecule has 0 aliphatic carbocycles. The maximum absolute atomic E-state index is 12.0. The highest BCUT2D eigenvalue weighted by Gasteiger charge is 2.42. The van der Waals surface area contributed by atoms with Crippen LogP contribution in [0.1, 0.15) is 30.4 Å². The standard InChI is InChI=1S/C24H28F3NO5/c25-24(26,27)23(30)33-22(29)12-14-28-13-5-10-19-9-4-11-21(17-19)32-16-6-15-31-18-20-7-2-1-3-8-20/h1-4,7-9,11,17,28H,5-6,10,12-16,18H2. The molecule has 2 aromatic rings. The molecular formula is C24H28F3NO5. The fourth-order valence-corrected chi connectivity index (χ4v) is 2.85. The van der Waals surface area contributed by atoms with Crippen LogP contribution in [0.2, 0.25) is 0 Å². The highest BCUT2D eigenvalue weighted by atomic mass is 19.4. The summed E-state index contributed by atoms with van der Waals surface area (Å²) in [6.07, 6.45) is -3.19. The minimum absolute atomic E-state index is 0.124. The first-order valence-corrected chi connectivity index (χ1v) is 10.7. The Kier molecular flexibility index (Phi) is 11.4. The van der Waals surface area contributed by atoms with Crippen molar-refractivity contribution in [3.63, 3.8) is 0 Å². The molecule has 0 bridgehead atoms. The summed E-state index contributed by atoms with van der Waals surface area (Å²) < 4.78 is 51.1. The van der Waals surface area contributed by atoms with Gasteiger partial charge in [0.2, 0.25) is 0 Å². The maximum atomic E-state index is 12.0. The molecule has 2 aromatic carbocycles. The first-order valence-electron chi connectivity index (χ1n) is 10.7. The van der Waals surface area contributed by atoms with Crippen LogP contribution in [-0.4, -0.2) is 44.4 Å². The Bertz CT molecular complexity index is 859. The predicted molar refractivity (Wildman–Crippen MR) is 116 cm³/mol. The molecule has 0 aliphatic rings. The van der Waals surface area contributed by atoms with Crippen molar-refractivity contribution >= 4 is 11.9 Å². The zero-order valence-electron chi connectivity index (χ0n) is 18.2. The molecule has 0 atom stereocenters. The van der Waals surface area contributed by atoms with E-state index in [9.17, 15) is 22.8 Å². The van der Waals surface area contributed by atoms with Gasteiger partial charge in [0.1, 0.15) is 5.75 Å². The van der Waals surface area contributed by atoms with Gasteiger partial charge in [-0.2, -0.15) is 13.2 Å². The number of carbonyl (C=O) groups excluding carboxylic acids is 2. The summed E-state index contributed by atoms with van der Waals surface area (Å²) in [5.41, 5.74) is 2.22. The highest BCUT2D eigenvalue weighted by Crippen LogP contribution is 2.17. The van der Waals surface area contributed by atoms with Gasteiger partial charge in [-0.1, -0.05) is 42.5 Å². The Morgan fingerprint density at radius 2 is 1.64 bits per heavy atom. The number of benzene rings is 2. The number of rotatable bonds is 14. The lowest BCUT2D eigenvalue weighted by atomic mass is 10.1. The number of aryl methyl sites for hydroxylation is 1. The van der Waals surface area contributed by atoms with Crippen LogP contribution in [0.15, 0.2) is 54.6 Å². The van der Waals surface area contributed by atoms with Crippen molar-refractivity contribution in [3.05, 3.63) is 65.7 Å². The number of hydrogen-bond acceptors (Lipinski definition) is 6. The molecule has 1 N–H and O–H groups in total. The van der Waals surface area contributed by atoms with Gasteiger partial charge in [-0.25, -0.2) is 4.79 Å². The van der Waals surface area contributed by atoms with Crippen LogP contribution in [0.4, 0.5) is 13.2 Å². The molecule has 0 spiro atoms. The number of ether oxygens (including phenoxy) is 3. The van der Waals surface area contributed by atoms with Gasteiger partial charge in [-0.3, -0.25) is 4.79 Å². The maximum Gasteiger partial charge on any atom is 0.491 e. The van der Waals surface area contributed by atoms with E-state index in [-0.39, 0.29) is 13.0 Å². The third kappa shape index (κ3) is 11.5. The van der Waals surface area contributed by atoms with E-state index in [1.807, 2.05) is 54.6 Å². The fraction of sp³-hybridized carbons (Fsp3) is 0.417. The molecule has 33 heavy (non-hydrogen) atoms. The summed E-state index contributed by atoms with van der Waals surface area (Å²) in [4.78, 5) is 21.8. The van der Waals surface area contributed by atoms with Crippen molar-refractivity contribution in [1.29, 1.82) is 0 Å². The molecule has 0 aliphatic heterocycles. The molecule has 0 amide bonds. The van der Waals surface area contributed by atoms with Crippen molar-refractivity contribution in [2.24, 2.45) is 0 Å². The third-order valence-corrected chi connectivity index (χ3v) is 4.47. The van der Waals surface area contributed by atoms with E-state index in [2.05, 4.69) is 10.1 Å². The summed E-state index contributed by atoms with van der Waals surface area (Å²) in [5, 5.41) is 2.94. The van der Waals surface area contributed by atoms with E-state index in [4.69, 9.17) is 9.47 Å². The number of carbonyl (C=O) groups is 2. The van der Waals surface area contributed by atoms with Crippen molar-refractivity contribution in [2.45, 2.75) is 38.5 Å². The Morgan fingerprint density at radius 1 is 0.879 bits per heavy atom. The third-order valence-electron chi connectivity index (χ3n) is 4.47. The number of hydrogen-bond donors (Lipinski definition) is 1. The van der Waals surface area contributed by atoms with Gasteiger partial charge in [-0.15, -0.1) is 0 Å². The molecule has 6 nitrogen and oxygen atoms in total. The van der Waals surface area contributed by atoms with Gasteiger partial charge in [0.15, 0.2) is 0 Å². The number of esters is 2. The van der Waals surface area contributed by atoms with Gasteiger partial charge in [0.25, 0.3) is 0 Å². The molecule has 0 radical (unpaired) electrons. The van der Waals surface area contributed by atoms with Crippen LogP contribution >= 0.6 is 0 Å². The number of alkyl halides is 3. The van der Waals surface area contributed by atoms with Gasteiger partial charge >= 0.3 is 18.1 Å². The van der Waals surface area contributed by atoms with E-state index in [1.54, 1.807) is 0 Å². The van der Waals surface area contributed by atoms with Crippen LogP contribution in [-0.2, 0) is 32.1 Å². The van der Waals surface area contributed by atoms with Crippen LogP contribution in [0.5, 0.6) is 5.75 Å². The zero-order valence-corrected chi connectivity index (χ0v) is 18.2. The minimum Gasteiger partial charge on any atom is -0.493 e. The topological polar surface area (TPSA) is 73.9 Å². The lowest BCUT2D eigenvalue weighted by molar-refractivity contribution is -0.201. The summed E-state index contributed by atoms with van der Waals surface area (Å²) in [5.74, 6) is -2.92. The molecule has 0 aromatic heterocycles. The predicted octanol–water partition coefficient (Wildman–Crippen LogP) is 4.22. The second kappa shape index (κ2) is 14.3. The van der Waals surface area contributed by atoms with Gasteiger partial charge in [0, 0.05) is 13.0 Å². The number of halogens is 3. The van der Waals surface area contributed by atoms with Crippen molar-refractivity contribution < 1.29 is 37.0 Å². The Morgan fingerprint density at radius 3 is 2.39 bits per heavy atom. The first kappa shape index (κ1) is 26.3. The summed E-state index contributed by atoms with van der Waals surface area (Å²) in [6, 6.07) is 17.7. The lowest BCUT2D eigenvalue weighted by Gasteiger charge is -2.09. The Labute approximate surface area is 191 Å². The van der Waals surface area contributed by atoms with Gasteiger partial charge < -0.3 is 19.5 Å². The van der Waals surface area contributed by atoms with Crippen LogP contribution < -0.4 is 10.1 Å². The van der Waals surface area contributed by atoms with E-state index in [0.717, 1.165) is 36.1 Å². The minimum atomic E-state index is -5.17. The molecule has 0 unspecified atom stereocenters. The Balaban J connectivity index is 1.53. The quantitative estimate of drug-likeness (QED) is 0.255. The fourth-order valence-electron chi connectivity index (χ4n) is 2.85. The van der Waals surface area contributed by atoms with Crippen LogP contribution in [0, 0.1) is 0 Å². The second-order valence-corrected chi connectivity index (χ2v) is 7.25. The summed E-state index contributed by atoms with van der Waals surface area (Å²) >= 11 is 0. The average Bonchev–Trinajstić information content (AvgIpc) is 2.79. The van der Waals surface area contributed by atoms with E-state index < -0.39 is 18.1 Å². The molecule has 0 saturated carbocycles. The zero-order chi connectivity index (χ0) is 23.9. The van der Waals surface area contributed by atoms with Gasteiger partial charge in [0.05, 0.1) is 26.2 Å². The molecule has 0 heterocycles. The molecular weight excluding hydrogens is 439 g/mol. The van der Waals surface area contributed by atoms with Gasteiger partial charge in [-0.05, 0) is 42.6 Å². The number of nitrogens with one attached hydrogen (secondary N) is 1. The van der Waals surface area contributed by atoms with Crippen LogP contribution in [0.25, 0.3) is 0 Å². The van der Waals surface area contributed by atoms with Crippen molar-refractivity contribution in [3.8, 4) is 5.75 Å². The van der Waals surface area contributed by atoms with Crippen molar-refractivity contribution in [2.75, 3.05) is 26.3 Å². The monoisotopic (exact) mass is 467 g/mol. The van der Waals surface area contributed by atoms with E-state index in [1.165, 1.54) is 0 Å². The molecule has 0 fully saturated rings. The molecule has 0 saturated heterocycles. The Hall–Kier alpha value is -2.91. The second-order valence-electron chi connectivity index (χ2n) is 7.25. The van der Waals surface area contributed by atoms with E-state index in [0.29, 0.717) is 26.4 Å². The summed E-state index contributed by atoms with van der Waals surface area (Å²) in [6.45, 7) is 2.42.